The highest BCUT2D eigenvalue weighted by Gasteiger charge is 2.38. The molecule has 1 aliphatic carbocycles. The number of carbonyl (C=O) groups is 2. The Bertz CT molecular complexity index is 327. The van der Waals surface area contributed by atoms with Gasteiger partial charge in [-0.1, -0.05) is 19.8 Å². The van der Waals surface area contributed by atoms with Gasteiger partial charge in [-0.25, -0.2) is 0 Å². The molecule has 1 amide bonds. The third kappa shape index (κ3) is 6.16. The maximum atomic E-state index is 12.1. The van der Waals surface area contributed by atoms with Crippen LogP contribution in [0.2, 0.25) is 0 Å². The first kappa shape index (κ1) is 17.3. The van der Waals surface area contributed by atoms with E-state index in [1.165, 1.54) is 0 Å². The molecule has 1 aliphatic rings. The first-order valence-corrected chi connectivity index (χ1v) is 8.72. The van der Waals surface area contributed by atoms with Gasteiger partial charge >= 0.3 is 5.97 Å². The third-order valence-electron chi connectivity index (χ3n) is 4.03. The van der Waals surface area contributed by atoms with Crippen LogP contribution in [0.1, 0.15) is 58.8 Å². The van der Waals surface area contributed by atoms with E-state index in [9.17, 15) is 9.59 Å². The van der Waals surface area contributed by atoms with E-state index in [-0.39, 0.29) is 23.8 Å². The summed E-state index contributed by atoms with van der Waals surface area (Å²) in [5, 5.41) is 12.1. The quantitative estimate of drug-likeness (QED) is 0.642. The SMILES string of the molecule is CCSCCC(C)NC(=O)CC1(CC(=O)O)CCCC1. The van der Waals surface area contributed by atoms with Crippen LogP contribution < -0.4 is 5.32 Å². The lowest BCUT2D eigenvalue weighted by Crippen LogP contribution is -2.37. The number of amides is 1. The summed E-state index contributed by atoms with van der Waals surface area (Å²) in [5.74, 6) is 1.38. The van der Waals surface area contributed by atoms with Crippen LogP contribution in [0.15, 0.2) is 0 Å². The third-order valence-corrected chi connectivity index (χ3v) is 4.97. The second-order valence-corrected chi connectivity index (χ2v) is 7.30. The molecule has 1 fully saturated rings. The van der Waals surface area contributed by atoms with Crippen LogP contribution in [0.3, 0.4) is 0 Å². The molecule has 0 aromatic rings. The molecule has 1 saturated carbocycles. The van der Waals surface area contributed by atoms with Gasteiger partial charge in [-0.05, 0) is 43.1 Å². The molecule has 0 aliphatic heterocycles. The van der Waals surface area contributed by atoms with Crippen molar-refractivity contribution in [3.8, 4) is 0 Å². The van der Waals surface area contributed by atoms with Crippen molar-refractivity contribution in [2.24, 2.45) is 5.41 Å². The molecule has 0 spiro atoms. The average Bonchev–Trinajstić information content (AvgIpc) is 2.76. The summed E-state index contributed by atoms with van der Waals surface area (Å²) in [6.07, 6.45) is 5.29. The number of carbonyl (C=O) groups excluding carboxylic acids is 1. The maximum absolute atomic E-state index is 12.1. The molecule has 1 unspecified atom stereocenters. The molecule has 20 heavy (non-hydrogen) atoms. The van der Waals surface area contributed by atoms with E-state index < -0.39 is 5.97 Å². The Balaban J connectivity index is 2.40. The molecule has 5 heteroatoms. The molecule has 4 nitrogen and oxygen atoms in total. The zero-order valence-electron chi connectivity index (χ0n) is 12.6. The van der Waals surface area contributed by atoms with Gasteiger partial charge in [0.25, 0.3) is 0 Å². The minimum atomic E-state index is -0.785. The van der Waals surface area contributed by atoms with Gasteiger partial charge < -0.3 is 10.4 Å². The van der Waals surface area contributed by atoms with Crippen molar-refractivity contribution in [2.75, 3.05) is 11.5 Å². The van der Waals surface area contributed by atoms with Crippen molar-refractivity contribution in [2.45, 2.75) is 64.8 Å². The fourth-order valence-electron chi connectivity index (χ4n) is 3.00. The van der Waals surface area contributed by atoms with E-state index in [4.69, 9.17) is 5.11 Å². The average molecular weight is 301 g/mol. The minimum absolute atomic E-state index is 0.0159. The molecule has 1 rings (SSSR count). The Labute approximate surface area is 126 Å². The molecular weight excluding hydrogens is 274 g/mol. The highest BCUT2D eigenvalue weighted by atomic mass is 32.2. The molecule has 2 N–H and O–H groups in total. The summed E-state index contributed by atoms with van der Waals surface area (Å²) < 4.78 is 0. The molecular formula is C15H27NO3S. The monoisotopic (exact) mass is 301 g/mol. The van der Waals surface area contributed by atoms with Crippen molar-refractivity contribution in [1.29, 1.82) is 0 Å². The Morgan fingerprint density at radius 3 is 2.50 bits per heavy atom. The predicted molar refractivity (Wildman–Crippen MR) is 83.0 cm³/mol. The molecule has 0 saturated heterocycles. The standard InChI is InChI=1S/C15H27NO3S/c1-3-20-9-6-12(2)16-13(17)10-15(11-14(18)19)7-4-5-8-15/h12H,3-11H2,1-2H3,(H,16,17)(H,18,19). The number of nitrogens with one attached hydrogen (secondary N) is 1. The maximum Gasteiger partial charge on any atom is 0.303 e. The highest BCUT2D eigenvalue weighted by Crippen LogP contribution is 2.44. The van der Waals surface area contributed by atoms with Crippen molar-refractivity contribution >= 4 is 23.6 Å². The fourth-order valence-corrected chi connectivity index (χ4v) is 3.81. The number of thioether (sulfide) groups is 1. The lowest BCUT2D eigenvalue weighted by atomic mass is 9.79. The molecule has 0 bridgehead atoms. The molecule has 0 aromatic heterocycles. The van der Waals surface area contributed by atoms with Crippen molar-refractivity contribution in [1.82, 2.24) is 5.32 Å². The van der Waals surface area contributed by atoms with Crippen molar-refractivity contribution in [3.05, 3.63) is 0 Å². The van der Waals surface area contributed by atoms with Crippen LogP contribution >= 0.6 is 11.8 Å². The van der Waals surface area contributed by atoms with E-state index in [1.54, 1.807) is 0 Å². The summed E-state index contributed by atoms with van der Waals surface area (Å²) >= 11 is 1.88. The van der Waals surface area contributed by atoms with Crippen LogP contribution in [0.5, 0.6) is 0 Å². The zero-order chi connectivity index (χ0) is 15.0. The second-order valence-electron chi connectivity index (χ2n) is 5.91. The number of aliphatic carboxylic acids is 1. The van der Waals surface area contributed by atoms with Gasteiger partial charge in [-0.2, -0.15) is 11.8 Å². The van der Waals surface area contributed by atoms with E-state index in [0.717, 1.165) is 43.6 Å². The number of hydrogen-bond acceptors (Lipinski definition) is 3. The van der Waals surface area contributed by atoms with Gasteiger partial charge in [0, 0.05) is 12.5 Å². The van der Waals surface area contributed by atoms with Crippen LogP contribution in [-0.2, 0) is 9.59 Å². The van der Waals surface area contributed by atoms with Gasteiger partial charge in [0.05, 0.1) is 6.42 Å². The first-order chi connectivity index (χ1) is 9.47. The van der Waals surface area contributed by atoms with Crippen molar-refractivity contribution < 1.29 is 14.7 Å². The van der Waals surface area contributed by atoms with E-state index in [0.29, 0.717) is 6.42 Å². The fraction of sp³-hybridized carbons (Fsp3) is 0.867. The Kier molecular flexibility index (Phi) is 7.41. The lowest BCUT2D eigenvalue weighted by molar-refractivity contribution is -0.140. The molecule has 116 valence electrons. The smallest absolute Gasteiger partial charge is 0.303 e. The summed E-state index contributed by atoms with van der Waals surface area (Å²) in [5.41, 5.74) is -0.298. The molecule has 1 atom stereocenters. The Hall–Kier alpha value is -0.710. The Morgan fingerprint density at radius 1 is 1.30 bits per heavy atom. The van der Waals surface area contributed by atoms with Gasteiger partial charge in [-0.15, -0.1) is 0 Å². The van der Waals surface area contributed by atoms with Gasteiger partial charge in [0.2, 0.25) is 5.91 Å². The minimum Gasteiger partial charge on any atom is -0.481 e. The van der Waals surface area contributed by atoms with E-state index >= 15 is 0 Å². The second kappa shape index (κ2) is 8.55. The van der Waals surface area contributed by atoms with Crippen LogP contribution in [-0.4, -0.2) is 34.5 Å². The number of hydrogen-bond donors (Lipinski definition) is 2. The molecule has 0 radical (unpaired) electrons. The zero-order valence-corrected chi connectivity index (χ0v) is 13.4. The summed E-state index contributed by atoms with van der Waals surface area (Å²) in [6.45, 7) is 4.15. The number of rotatable bonds is 9. The normalized spacial score (nSPS) is 18.7. The van der Waals surface area contributed by atoms with Gasteiger partial charge in [0.15, 0.2) is 0 Å². The lowest BCUT2D eigenvalue weighted by Gasteiger charge is -2.27. The van der Waals surface area contributed by atoms with Crippen LogP contribution in [0.4, 0.5) is 0 Å². The van der Waals surface area contributed by atoms with Crippen LogP contribution in [0.25, 0.3) is 0 Å². The number of carboxylic acid groups (broad SMARTS) is 1. The first-order valence-electron chi connectivity index (χ1n) is 7.56. The Morgan fingerprint density at radius 2 is 1.95 bits per heavy atom. The summed E-state index contributed by atoms with van der Waals surface area (Å²) in [4.78, 5) is 23.1. The highest BCUT2D eigenvalue weighted by molar-refractivity contribution is 7.99. The van der Waals surface area contributed by atoms with Crippen molar-refractivity contribution in [3.63, 3.8) is 0 Å². The summed E-state index contributed by atoms with van der Waals surface area (Å²) in [6, 6.07) is 0.171. The molecule has 0 heterocycles. The van der Waals surface area contributed by atoms with Gasteiger partial charge in [-0.3, -0.25) is 9.59 Å². The largest absolute Gasteiger partial charge is 0.481 e. The number of carboxylic acids is 1. The van der Waals surface area contributed by atoms with Gasteiger partial charge in [0.1, 0.15) is 0 Å². The topological polar surface area (TPSA) is 66.4 Å². The summed E-state index contributed by atoms with van der Waals surface area (Å²) in [7, 11) is 0. The van der Waals surface area contributed by atoms with E-state index in [2.05, 4.69) is 12.2 Å². The van der Waals surface area contributed by atoms with E-state index in [1.807, 2.05) is 18.7 Å². The molecule has 0 aromatic carbocycles. The predicted octanol–water partition coefficient (Wildman–Crippen LogP) is 3.06. The van der Waals surface area contributed by atoms with Crippen LogP contribution in [0, 0.1) is 5.41 Å².